The molecular formula is C26H26ClFN6O. The topological polar surface area (TPSA) is 67.2 Å². The number of rotatable bonds is 3. The number of carbonyl (C=O) groups is 1. The summed E-state index contributed by atoms with van der Waals surface area (Å²) >= 11 is 6.34. The molecule has 1 atom stereocenters. The van der Waals surface area contributed by atoms with Gasteiger partial charge in [-0.2, -0.15) is 0 Å². The molecule has 180 valence electrons. The summed E-state index contributed by atoms with van der Waals surface area (Å²) in [5, 5.41) is 9.78. The van der Waals surface area contributed by atoms with Crippen LogP contribution in [0.5, 0.6) is 0 Å². The molecule has 35 heavy (non-hydrogen) atoms. The van der Waals surface area contributed by atoms with Crippen molar-refractivity contribution in [2.45, 2.75) is 56.8 Å². The van der Waals surface area contributed by atoms with Crippen molar-refractivity contribution in [3.63, 3.8) is 0 Å². The first-order valence-electron chi connectivity index (χ1n) is 12.3. The Morgan fingerprint density at radius 2 is 1.89 bits per heavy atom. The molecule has 4 aliphatic rings. The van der Waals surface area contributed by atoms with Gasteiger partial charge >= 0.3 is 0 Å². The first-order chi connectivity index (χ1) is 16.9. The van der Waals surface area contributed by atoms with Gasteiger partial charge in [-0.25, -0.2) is 9.37 Å². The number of benzene rings is 1. The molecule has 2 aliphatic heterocycles. The smallest absolute Gasteiger partial charge is 0.261 e. The molecule has 0 N–H and O–H groups in total. The van der Waals surface area contributed by atoms with Crippen LogP contribution in [0, 0.1) is 5.41 Å². The monoisotopic (exact) mass is 492 g/mol. The molecule has 2 aliphatic carbocycles. The number of alkyl halides is 1. The second-order valence-electron chi connectivity index (χ2n) is 10.7. The Hall–Kier alpha value is -3.00. The molecule has 1 amide bonds. The van der Waals surface area contributed by atoms with Crippen LogP contribution in [0.2, 0.25) is 5.02 Å². The van der Waals surface area contributed by atoms with E-state index in [4.69, 9.17) is 11.6 Å². The number of hydrogen-bond acceptors (Lipinski definition) is 5. The highest BCUT2D eigenvalue weighted by molar-refractivity contribution is 6.30. The summed E-state index contributed by atoms with van der Waals surface area (Å²) < 4.78 is 16.9. The molecule has 0 bridgehead atoms. The molecule has 9 heteroatoms. The zero-order valence-electron chi connectivity index (χ0n) is 19.5. The van der Waals surface area contributed by atoms with Crippen molar-refractivity contribution in [2.24, 2.45) is 5.41 Å². The van der Waals surface area contributed by atoms with Crippen molar-refractivity contribution in [3.8, 4) is 5.69 Å². The van der Waals surface area contributed by atoms with Crippen molar-refractivity contribution in [1.29, 1.82) is 0 Å². The van der Waals surface area contributed by atoms with Gasteiger partial charge in [0.1, 0.15) is 11.6 Å². The van der Waals surface area contributed by atoms with Crippen LogP contribution >= 0.6 is 11.6 Å². The van der Waals surface area contributed by atoms with Crippen LogP contribution in [-0.4, -0.2) is 49.3 Å². The molecule has 3 aromatic rings. The molecule has 7 rings (SSSR count). The number of aromatic nitrogens is 4. The Bertz CT molecular complexity index is 1320. The van der Waals surface area contributed by atoms with Crippen LogP contribution in [0.25, 0.3) is 5.69 Å². The van der Waals surface area contributed by atoms with Crippen molar-refractivity contribution < 1.29 is 9.18 Å². The van der Waals surface area contributed by atoms with Gasteiger partial charge in [-0.15, -0.1) is 10.2 Å². The number of hydrogen-bond donors (Lipinski definition) is 0. The fourth-order valence-corrected chi connectivity index (χ4v) is 6.37. The van der Waals surface area contributed by atoms with Gasteiger partial charge in [-0.3, -0.25) is 9.36 Å². The van der Waals surface area contributed by atoms with Crippen LogP contribution in [0.15, 0.2) is 42.6 Å². The Morgan fingerprint density at radius 1 is 1.11 bits per heavy atom. The summed E-state index contributed by atoms with van der Waals surface area (Å²) in [6, 6.07) is 11.3. The average Bonchev–Trinajstić information content (AvgIpc) is 3.44. The first-order valence-corrected chi connectivity index (χ1v) is 12.6. The highest BCUT2D eigenvalue weighted by Gasteiger charge is 2.56. The normalized spacial score (nSPS) is 23.7. The lowest BCUT2D eigenvalue weighted by Crippen LogP contribution is -2.62. The molecule has 2 aromatic heterocycles. The number of pyridine rings is 1. The van der Waals surface area contributed by atoms with E-state index in [9.17, 15) is 9.18 Å². The summed E-state index contributed by atoms with van der Waals surface area (Å²) in [5.41, 5.74) is 0.373. The Kier molecular flexibility index (Phi) is 4.42. The number of carbonyl (C=O) groups excluding carboxylic acids is 1. The summed E-state index contributed by atoms with van der Waals surface area (Å²) in [5.74, 6) is 2.47. The minimum atomic E-state index is -1.74. The second-order valence-corrected chi connectivity index (χ2v) is 11.2. The van der Waals surface area contributed by atoms with Gasteiger partial charge in [0.15, 0.2) is 11.5 Å². The first kappa shape index (κ1) is 21.3. The average molecular weight is 493 g/mol. The lowest BCUT2D eigenvalue weighted by molar-refractivity contribution is -0.141. The Labute approximate surface area is 207 Å². The van der Waals surface area contributed by atoms with Crippen LogP contribution in [0.1, 0.15) is 61.8 Å². The summed E-state index contributed by atoms with van der Waals surface area (Å²) in [7, 11) is 0. The number of fused-ring (bicyclic) bond motifs is 3. The standard InChI is InChI=1S/C26H26ClFN6O/c1-16-22-30-31-23(18-11-25(12-18)14-32(15-25)21-4-2-3-9-29-21)34(22)20-6-5-19(27)10-17(20)13-33(16)24(35)26(28)7-8-26/h2-6,9-10,16,18H,7-8,11-15H2,1H3. The number of halogens is 2. The highest BCUT2D eigenvalue weighted by Crippen LogP contribution is 2.57. The van der Waals surface area contributed by atoms with Gasteiger partial charge in [0.05, 0.1) is 11.7 Å². The molecule has 2 saturated carbocycles. The maximum Gasteiger partial charge on any atom is 0.261 e. The van der Waals surface area contributed by atoms with E-state index in [0.29, 0.717) is 22.8 Å². The molecular weight excluding hydrogens is 467 g/mol. The van der Waals surface area contributed by atoms with E-state index in [1.807, 2.05) is 43.5 Å². The van der Waals surface area contributed by atoms with Gasteiger partial charge < -0.3 is 9.80 Å². The predicted octanol–water partition coefficient (Wildman–Crippen LogP) is 4.61. The van der Waals surface area contributed by atoms with Gasteiger partial charge in [0.25, 0.3) is 5.91 Å². The third kappa shape index (κ3) is 3.22. The molecule has 1 aromatic carbocycles. The number of amides is 1. The lowest BCUT2D eigenvalue weighted by atomic mass is 9.57. The van der Waals surface area contributed by atoms with Crippen molar-refractivity contribution in [3.05, 3.63) is 64.8 Å². The van der Waals surface area contributed by atoms with E-state index in [1.165, 1.54) is 0 Å². The lowest BCUT2D eigenvalue weighted by Gasteiger charge is -2.59. The molecule has 7 nitrogen and oxygen atoms in total. The Balaban J connectivity index is 1.19. The van der Waals surface area contributed by atoms with Crippen molar-refractivity contribution in [1.82, 2.24) is 24.6 Å². The number of anilines is 1. The fraction of sp³-hybridized carbons (Fsp3) is 0.462. The maximum absolute atomic E-state index is 14.8. The minimum absolute atomic E-state index is 0.287. The molecule has 3 fully saturated rings. The summed E-state index contributed by atoms with van der Waals surface area (Å²) in [4.78, 5) is 21.5. The van der Waals surface area contributed by atoms with E-state index in [1.54, 1.807) is 4.90 Å². The van der Waals surface area contributed by atoms with E-state index < -0.39 is 11.6 Å². The second kappa shape index (κ2) is 7.26. The van der Waals surface area contributed by atoms with Gasteiger partial charge in [0.2, 0.25) is 0 Å². The largest absolute Gasteiger partial charge is 0.355 e. The fourth-order valence-electron chi connectivity index (χ4n) is 6.17. The van der Waals surface area contributed by atoms with Gasteiger partial charge in [-0.05, 0) is 68.5 Å². The van der Waals surface area contributed by atoms with Crippen molar-refractivity contribution >= 4 is 23.3 Å². The van der Waals surface area contributed by atoms with E-state index in [2.05, 4.69) is 30.7 Å². The van der Waals surface area contributed by atoms with Gasteiger partial charge in [0, 0.05) is 42.2 Å². The highest BCUT2D eigenvalue weighted by atomic mass is 35.5. The third-order valence-corrected chi connectivity index (χ3v) is 8.50. The van der Waals surface area contributed by atoms with Crippen LogP contribution < -0.4 is 4.90 Å². The summed E-state index contributed by atoms with van der Waals surface area (Å²) in [6.07, 6.45) is 4.50. The zero-order valence-corrected chi connectivity index (χ0v) is 20.2. The van der Waals surface area contributed by atoms with E-state index >= 15 is 0 Å². The quantitative estimate of drug-likeness (QED) is 0.534. The predicted molar refractivity (Wildman–Crippen MR) is 129 cm³/mol. The SMILES string of the molecule is CC1c2nnc(C3CC4(C3)CN(c3ccccn3)C4)n2-c2ccc(Cl)cc2CN1C(=O)C1(F)CC1. The minimum Gasteiger partial charge on any atom is -0.355 e. The molecule has 1 spiro atoms. The van der Waals surface area contributed by atoms with Crippen LogP contribution in [0.3, 0.4) is 0 Å². The van der Waals surface area contributed by atoms with Crippen LogP contribution in [-0.2, 0) is 11.3 Å². The summed E-state index contributed by atoms with van der Waals surface area (Å²) in [6.45, 7) is 4.23. The molecule has 1 unspecified atom stereocenters. The van der Waals surface area contributed by atoms with Crippen LogP contribution in [0.4, 0.5) is 10.2 Å². The number of nitrogens with zero attached hydrogens (tertiary/aromatic N) is 6. The Morgan fingerprint density at radius 3 is 2.60 bits per heavy atom. The molecule has 1 saturated heterocycles. The zero-order chi connectivity index (χ0) is 23.9. The van der Waals surface area contributed by atoms with E-state index in [-0.39, 0.29) is 24.8 Å². The molecule has 0 radical (unpaired) electrons. The third-order valence-electron chi connectivity index (χ3n) is 8.26. The maximum atomic E-state index is 14.8. The van der Waals surface area contributed by atoms with Gasteiger partial charge in [-0.1, -0.05) is 17.7 Å². The van der Waals surface area contributed by atoms with Crippen molar-refractivity contribution in [2.75, 3.05) is 18.0 Å². The van der Waals surface area contributed by atoms with E-state index in [0.717, 1.165) is 48.8 Å². The molecule has 4 heterocycles.